The highest BCUT2D eigenvalue weighted by Crippen LogP contribution is 2.27. The molecule has 0 atom stereocenters. The summed E-state index contributed by atoms with van der Waals surface area (Å²) in [6.45, 7) is 0. The van der Waals surface area contributed by atoms with Crippen LogP contribution in [0.1, 0.15) is 5.56 Å². The van der Waals surface area contributed by atoms with Gasteiger partial charge in [0.25, 0.3) is 0 Å². The van der Waals surface area contributed by atoms with Crippen molar-refractivity contribution in [1.82, 2.24) is 9.78 Å². The molecule has 5 heteroatoms. The largest absolute Gasteiger partial charge is 0.508 e. The van der Waals surface area contributed by atoms with Crippen molar-refractivity contribution in [3.05, 3.63) is 83.9 Å². The van der Waals surface area contributed by atoms with E-state index in [9.17, 15) is 5.11 Å². The lowest BCUT2D eigenvalue weighted by atomic mass is 10.2. The lowest BCUT2D eigenvalue weighted by Gasteiger charge is -1.98. The van der Waals surface area contributed by atoms with Gasteiger partial charge in [0, 0.05) is 18.0 Å². The molecule has 0 aliphatic carbocycles. The summed E-state index contributed by atoms with van der Waals surface area (Å²) in [5.74, 6) is 0.232. The minimum atomic E-state index is 0.232. The fraction of sp³-hybridized carbons (Fsp3) is 0. The first-order valence-electron chi connectivity index (χ1n) is 7.82. The molecule has 0 unspecified atom stereocenters. The van der Waals surface area contributed by atoms with Crippen LogP contribution in [-0.4, -0.2) is 21.1 Å². The molecular weight excluding hydrogens is 330 g/mol. The van der Waals surface area contributed by atoms with E-state index in [1.807, 2.05) is 58.9 Å². The van der Waals surface area contributed by atoms with E-state index < -0.39 is 0 Å². The minimum Gasteiger partial charge on any atom is -0.508 e. The van der Waals surface area contributed by atoms with E-state index in [0.717, 1.165) is 27.5 Å². The van der Waals surface area contributed by atoms with E-state index in [4.69, 9.17) is 5.10 Å². The van der Waals surface area contributed by atoms with Crippen molar-refractivity contribution in [2.24, 2.45) is 4.99 Å². The maximum absolute atomic E-state index is 9.38. The SMILES string of the molecule is Oc1ccc(N=Cc2cn(-c3ccccc3)nc2-c2cccs2)cc1. The zero-order chi connectivity index (χ0) is 17.1. The first-order valence-corrected chi connectivity index (χ1v) is 8.70. The number of hydrogen-bond donors (Lipinski definition) is 1. The van der Waals surface area contributed by atoms with Crippen molar-refractivity contribution in [1.29, 1.82) is 0 Å². The Morgan fingerprint density at radius 3 is 2.48 bits per heavy atom. The quantitative estimate of drug-likeness (QED) is 0.526. The third kappa shape index (κ3) is 3.36. The van der Waals surface area contributed by atoms with Gasteiger partial charge >= 0.3 is 0 Å². The van der Waals surface area contributed by atoms with Crippen molar-refractivity contribution >= 4 is 23.2 Å². The average Bonchev–Trinajstić information content (AvgIpc) is 3.31. The molecule has 0 saturated carbocycles. The molecule has 25 heavy (non-hydrogen) atoms. The second-order valence-corrected chi connectivity index (χ2v) is 6.41. The Bertz CT molecular complexity index is 987. The average molecular weight is 345 g/mol. The van der Waals surface area contributed by atoms with Crippen LogP contribution >= 0.6 is 11.3 Å². The van der Waals surface area contributed by atoms with Crippen LogP contribution in [0.5, 0.6) is 5.75 Å². The third-order valence-electron chi connectivity index (χ3n) is 3.72. The Morgan fingerprint density at radius 2 is 1.76 bits per heavy atom. The summed E-state index contributed by atoms with van der Waals surface area (Å²) in [4.78, 5) is 5.61. The Balaban J connectivity index is 1.75. The van der Waals surface area contributed by atoms with Crippen LogP contribution in [0.25, 0.3) is 16.3 Å². The van der Waals surface area contributed by atoms with Crippen LogP contribution in [0.3, 0.4) is 0 Å². The molecule has 0 aliphatic heterocycles. The highest BCUT2D eigenvalue weighted by molar-refractivity contribution is 7.13. The summed E-state index contributed by atoms with van der Waals surface area (Å²) in [6, 6.07) is 20.9. The van der Waals surface area contributed by atoms with Crippen molar-refractivity contribution in [3.8, 4) is 22.0 Å². The normalized spacial score (nSPS) is 11.2. The van der Waals surface area contributed by atoms with Gasteiger partial charge in [0.05, 0.1) is 16.3 Å². The first kappa shape index (κ1) is 15.4. The number of hydrogen-bond acceptors (Lipinski definition) is 4. The van der Waals surface area contributed by atoms with Crippen LogP contribution in [-0.2, 0) is 0 Å². The predicted molar refractivity (Wildman–Crippen MR) is 102 cm³/mol. The van der Waals surface area contributed by atoms with Crippen molar-refractivity contribution < 1.29 is 5.11 Å². The topological polar surface area (TPSA) is 50.4 Å². The molecular formula is C20H15N3OS. The van der Waals surface area contributed by atoms with Crippen LogP contribution in [0.4, 0.5) is 5.69 Å². The number of benzene rings is 2. The maximum Gasteiger partial charge on any atom is 0.115 e. The zero-order valence-electron chi connectivity index (χ0n) is 13.3. The fourth-order valence-electron chi connectivity index (χ4n) is 2.48. The number of aromatic nitrogens is 2. The summed E-state index contributed by atoms with van der Waals surface area (Å²) in [7, 11) is 0. The number of phenolic OH excluding ortho intramolecular Hbond substituents is 1. The molecule has 2 heterocycles. The molecule has 4 rings (SSSR count). The summed E-state index contributed by atoms with van der Waals surface area (Å²) >= 11 is 1.65. The van der Waals surface area contributed by atoms with E-state index in [1.165, 1.54) is 0 Å². The maximum atomic E-state index is 9.38. The van der Waals surface area contributed by atoms with Crippen LogP contribution in [0.2, 0.25) is 0 Å². The highest BCUT2D eigenvalue weighted by Gasteiger charge is 2.11. The number of nitrogens with zero attached hydrogens (tertiary/aromatic N) is 3. The van der Waals surface area contributed by atoms with Crippen molar-refractivity contribution in [3.63, 3.8) is 0 Å². The molecule has 0 amide bonds. The number of phenols is 1. The van der Waals surface area contributed by atoms with Crippen LogP contribution < -0.4 is 0 Å². The van der Waals surface area contributed by atoms with Gasteiger partial charge in [-0.05, 0) is 47.8 Å². The summed E-state index contributed by atoms with van der Waals surface area (Å²) in [5, 5.41) is 16.2. The Hall–Kier alpha value is -3.18. The third-order valence-corrected chi connectivity index (χ3v) is 4.60. The molecule has 0 aliphatic rings. The van der Waals surface area contributed by atoms with Gasteiger partial charge in [-0.15, -0.1) is 11.3 Å². The van der Waals surface area contributed by atoms with Gasteiger partial charge in [-0.2, -0.15) is 5.10 Å². The van der Waals surface area contributed by atoms with Crippen LogP contribution in [0, 0.1) is 0 Å². The molecule has 4 aromatic rings. The number of aromatic hydroxyl groups is 1. The first-order chi connectivity index (χ1) is 12.3. The summed E-state index contributed by atoms with van der Waals surface area (Å²) < 4.78 is 1.87. The molecule has 122 valence electrons. The molecule has 1 N–H and O–H groups in total. The Kier molecular flexibility index (Phi) is 4.14. The molecule has 0 radical (unpaired) electrons. The van der Waals surface area contributed by atoms with Gasteiger partial charge in [0.15, 0.2) is 0 Å². The standard InChI is InChI=1S/C20H15N3OS/c24-18-10-8-16(9-11-18)21-13-15-14-23(17-5-2-1-3-6-17)22-20(15)19-7-4-12-25-19/h1-14,24H. The van der Waals surface area contributed by atoms with E-state index in [1.54, 1.807) is 35.6 Å². The van der Waals surface area contributed by atoms with Gasteiger partial charge in [-0.1, -0.05) is 24.3 Å². The van der Waals surface area contributed by atoms with Crippen LogP contribution in [0.15, 0.2) is 83.3 Å². The Labute approximate surface area is 149 Å². The van der Waals surface area contributed by atoms with Gasteiger partial charge < -0.3 is 5.11 Å². The van der Waals surface area contributed by atoms with E-state index in [0.29, 0.717) is 0 Å². The monoisotopic (exact) mass is 345 g/mol. The van der Waals surface area contributed by atoms with Gasteiger partial charge in [-0.3, -0.25) is 4.99 Å². The second kappa shape index (κ2) is 6.75. The van der Waals surface area contributed by atoms with E-state index in [-0.39, 0.29) is 5.75 Å². The highest BCUT2D eigenvalue weighted by atomic mass is 32.1. The molecule has 0 spiro atoms. The minimum absolute atomic E-state index is 0.232. The summed E-state index contributed by atoms with van der Waals surface area (Å²) in [5.41, 5.74) is 3.63. The number of para-hydroxylation sites is 1. The number of aliphatic imine (C=N–C) groups is 1. The predicted octanol–water partition coefficient (Wildman–Crippen LogP) is 5.06. The molecule has 4 nitrogen and oxygen atoms in total. The van der Waals surface area contributed by atoms with Gasteiger partial charge in [-0.25, -0.2) is 4.68 Å². The lowest BCUT2D eigenvalue weighted by Crippen LogP contribution is -1.93. The summed E-state index contributed by atoms with van der Waals surface area (Å²) in [6.07, 6.45) is 3.79. The lowest BCUT2D eigenvalue weighted by molar-refractivity contribution is 0.475. The zero-order valence-corrected chi connectivity index (χ0v) is 14.1. The second-order valence-electron chi connectivity index (χ2n) is 5.47. The molecule has 2 aromatic carbocycles. The fourth-order valence-corrected chi connectivity index (χ4v) is 3.21. The van der Waals surface area contributed by atoms with E-state index >= 15 is 0 Å². The van der Waals surface area contributed by atoms with Crippen molar-refractivity contribution in [2.45, 2.75) is 0 Å². The van der Waals surface area contributed by atoms with Gasteiger partial charge in [0.2, 0.25) is 0 Å². The molecule has 0 saturated heterocycles. The Morgan fingerprint density at radius 1 is 0.960 bits per heavy atom. The molecule has 2 aromatic heterocycles. The van der Waals surface area contributed by atoms with E-state index in [2.05, 4.69) is 11.1 Å². The van der Waals surface area contributed by atoms with Gasteiger partial charge in [0.1, 0.15) is 11.4 Å². The smallest absolute Gasteiger partial charge is 0.115 e. The number of rotatable bonds is 4. The number of thiophene rings is 1. The van der Waals surface area contributed by atoms with Crippen molar-refractivity contribution in [2.75, 3.05) is 0 Å². The molecule has 0 bridgehead atoms. The molecule has 0 fully saturated rings.